The van der Waals surface area contributed by atoms with E-state index in [1.54, 1.807) is 11.2 Å². The lowest BCUT2D eigenvalue weighted by Crippen LogP contribution is -2.43. The van der Waals surface area contributed by atoms with Crippen molar-refractivity contribution in [1.29, 1.82) is 0 Å². The van der Waals surface area contributed by atoms with Crippen molar-refractivity contribution in [2.45, 2.75) is 45.8 Å². The summed E-state index contributed by atoms with van der Waals surface area (Å²) >= 11 is 4.87. The highest BCUT2D eigenvalue weighted by molar-refractivity contribution is 7.92. The standard InChI is InChI=1S/C12H24N2O2S2/c1-5-10(11(13)17)18(15,16)14-7-6-9(8-14)12(2,3)4/h9-10H,5-8H2,1-4H3,(H2,13,17). The lowest BCUT2D eigenvalue weighted by Gasteiger charge is -2.28. The number of hydrogen-bond donors (Lipinski definition) is 1. The molecule has 0 aliphatic carbocycles. The highest BCUT2D eigenvalue weighted by Gasteiger charge is 2.40. The number of nitrogens with two attached hydrogens (primary N) is 1. The van der Waals surface area contributed by atoms with Crippen LogP contribution in [0.4, 0.5) is 0 Å². The van der Waals surface area contributed by atoms with Gasteiger partial charge in [0.2, 0.25) is 10.0 Å². The van der Waals surface area contributed by atoms with E-state index in [9.17, 15) is 8.42 Å². The molecule has 0 amide bonds. The monoisotopic (exact) mass is 292 g/mol. The van der Waals surface area contributed by atoms with E-state index in [1.165, 1.54) is 0 Å². The molecule has 2 N–H and O–H groups in total. The molecule has 0 bridgehead atoms. The summed E-state index contributed by atoms with van der Waals surface area (Å²) in [5.74, 6) is 0.399. The smallest absolute Gasteiger partial charge is 0.223 e. The largest absolute Gasteiger partial charge is 0.392 e. The highest BCUT2D eigenvalue weighted by Crippen LogP contribution is 2.35. The fourth-order valence-electron chi connectivity index (χ4n) is 2.40. The highest BCUT2D eigenvalue weighted by atomic mass is 32.2. The summed E-state index contributed by atoms with van der Waals surface area (Å²) in [6, 6.07) is 0. The van der Waals surface area contributed by atoms with Gasteiger partial charge in [-0.15, -0.1) is 0 Å². The van der Waals surface area contributed by atoms with Crippen molar-refractivity contribution in [3.8, 4) is 0 Å². The van der Waals surface area contributed by atoms with E-state index in [2.05, 4.69) is 20.8 Å². The van der Waals surface area contributed by atoms with Gasteiger partial charge in [0.05, 0.1) is 4.99 Å². The molecule has 2 unspecified atom stereocenters. The van der Waals surface area contributed by atoms with Gasteiger partial charge in [0.15, 0.2) is 0 Å². The molecule has 1 heterocycles. The molecule has 6 heteroatoms. The van der Waals surface area contributed by atoms with E-state index in [0.29, 0.717) is 25.4 Å². The third-order valence-corrected chi connectivity index (χ3v) is 6.57. The maximum Gasteiger partial charge on any atom is 0.223 e. The van der Waals surface area contributed by atoms with Crippen molar-refractivity contribution >= 4 is 27.2 Å². The first-order valence-corrected chi connectivity index (χ1v) is 8.30. The first kappa shape index (κ1) is 15.9. The maximum absolute atomic E-state index is 12.4. The van der Waals surface area contributed by atoms with Gasteiger partial charge in [-0.1, -0.05) is 39.9 Å². The van der Waals surface area contributed by atoms with Gasteiger partial charge in [-0.25, -0.2) is 12.7 Å². The van der Waals surface area contributed by atoms with Crippen LogP contribution in [0.1, 0.15) is 40.5 Å². The molecule has 1 aliphatic heterocycles. The Hall–Kier alpha value is -0.200. The zero-order valence-corrected chi connectivity index (χ0v) is 13.3. The molecule has 0 radical (unpaired) electrons. The Labute approximate surface area is 116 Å². The molecule has 0 aromatic heterocycles. The fourth-order valence-corrected chi connectivity index (χ4v) is 4.76. The quantitative estimate of drug-likeness (QED) is 0.802. The normalized spacial score (nSPS) is 24.1. The topological polar surface area (TPSA) is 63.4 Å². The van der Waals surface area contributed by atoms with Gasteiger partial charge in [0.1, 0.15) is 5.25 Å². The average Bonchev–Trinajstić information content (AvgIpc) is 2.65. The van der Waals surface area contributed by atoms with Gasteiger partial charge in [0, 0.05) is 13.1 Å². The Balaban J connectivity index is 2.87. The Morgan fingerprint density at radius 1 is 1.50 bits per heavy atom. The van der Waals surface area contributed by atoms with E-state index in [0.717, 1.165) is 6.42 Å². The van der Waals surface area contributed by atoms with Crippen LogP contribution >= 0.6 is 12.2 Å². The Kier molecular flexibility index (Phi) is 4.78. The zero-order chi connectivity index (χ0) is 14.1. The fraction of sp³-hybridized carbons (Fsp3) is 0.917. The lowest BCUT2D eigenvalue weighted by atomic mass is 9.80. The van der Waals surface area contributed by atoms with Crippen LogP contribution in [0.5, 0.6) is 0 Å². The molecular formula is C12H24N2O2S2. The van der Waals surface area contributed by atoms with Crippen LogP contribution in [0.15, 0.2) is 0 Å². The van der Waals surface area contributed by atoms with Crippen molar-refractivity contribution in [3.05, 3.63) is 0 Å². The molecule has 0 aromatic carbocycles. The van der Waals surface area contributed by atoms with Crippen molar-refractivity contribution in [2.24, 2.45) is 17.1 Å². The summed E-state index contributed by atoms with van der Waals surface area (Å²) in [5, 5.41) is -0.716. The molecule has 0 spiro atoms. The molecular weight excluding hydrogens is 268 g/mol. The zero-order valence-electron chi connectivity index (χ0n) is 11.6. The van der Waals surface area contributed by atoms with Gasteiger partial charge in [-0.05, 0) is 24.2 Å². The number of sulfonamides is 1. The molecule has 4 nitrogen and oxygen atoms in total. The summed E-state index contributed by atoms with van der Waals surface area (Å²) in [5.41, 5.74) is 5.68. The van der Waals surface area contributed by atoms with Gasteiger partial charge in [-0.3, -0.25) is 0 Å². The Bertz CT molecular complexity index is 412. The second kappa shape index (κ2) is 5.43. The first-order valence-electron chi connectivity index (χ1n) is 6.39. The number of thiocarbonyl (C=S) groups is 1. The van der Waals surface area contributed by atoms with Gasteiger partial charge in [-0.2, -0.15) is 0 Å². The molecule has 1 rings (SSSR count). The van der Waals surface area contributed by atoms with Crippen LogP contribution in [0.25, 0.3) is 0 Å². The van der Waals surface area contributed by atoms with E-state index >= 15 is 0 Å². The van der Waals surface area contributed by atoms with Crippen LogP contribution in [0.3, 0.4) is 0 Å². The van der Waals surface area contributed by atoms with Crippen LogP contribution < -0.4 is 5.73 Å². The van der Waals surface area contributed by atoms with Crippen LogP contribution in [0, 0.1) is 11.3 Å². The third kappa shape index (κ3) is 3.22. The summed E-state index contributed by atoms with van der Waals surface area (Å²) in [6.07, 6.45) is 1.35. The second-order valence-electron chi connectivity index (χ2n) is 6.05. The van der Waals surface area contributed by atoms with E-state index in [1.807, 2.05) is 0 Å². The minimum Gasteiger partial charge on any atom is -0.392 e. The predicted octanol–water partition coefficient (Wildman–Crippen LogP) is 1.75. The number of nitrogens with zero attached hydrogens (tertiary/aromatic N) is 1. The first-order chi connectivity index (χ1) is 8.10. The van der Waals surface area contributed by atoms with Crippen molar-refractivity contribution < 1.29 is 8.42 Å². The lowest BCUT2D eigenvalue weighted by molar-refractivity contribution is 0.251. The molecule has 1 fully saturated rings. The van der Waals surface area contributed by atoms with Crippen molar-refractivity contribution in [3.63, 3.8) is 0 Å². The van der Waals surface area contributed by atoms with Crippen molar-refractivity contribution in [2.75, 3.05) is 13.1 Å². The summed E-state index contributed by atoms with van der Waals surface area (Å²) in [6.45, 7) is 9.43. The van der Waals surface area contributed by atoms with Crippen molar-refractivity contribution in [1.82, 2.24) is 4.31 Å². The van der Waals surface area contributed by atoms with Gasteiger partial charge >= 0.3 is 0 Å². The van der Waals surface area contributed by atoms with Gasteiger partial charge < -0.3 is 5.73 Å². The Morgan fingerprint density at radius 2 is 2.06 bits per heavy atom. The maximum atomic E-state index is 12.4. The van der Waals surface area contributed by atoms with E-state index in [4.69, 9.17) is 18.0 Å². The molecule has 0 saturated carbocycles. The second-order valence-corrected chi connectivity index (χ2v) is 8.64. The van der Waals surface area contributed by atoms with Crippen LogP contribution in [0.2, 0.25) is 0 Å². The molecule has 1 aliphatic rings. The molecule has 18 heavy (non-hydrogen) atoms. The summed E-state index contributed by atoms with van der Waals surface area (Å²) in [7, 11) is -3.38. The molecule has 2 atom stereocenters. The predicted molar refractivity (Wildman–Crippen MR) is 78.9 cm³/mol. The minimum atomic E-state index is -3.38. The number of hydrogen-bond acceptors (Lipinski definition) is 3. The minimum absolute atomic E-state index is 0.0803. The van der Waals surface area contributed by atoms with Gasteiger partial charge in [0.25, 0.3) is 0 Å². The Morgan fingerprint density at radius 3 is 2.39 bits per heavy atom. The molecule has 0 aromatic rings. The average molecular weight is 292 g/mol. The molecule has 1 saturated heterocycles. The molecule has 106 valence electrons. The SMILES string of the molecule is CCC(C(N)=S)S(=O)(=O)N1CCC(C(C)(C)C)C1. The summed E-state index contributed by atoms with van der Waals surface area (Å²) in [4.78, 5) is 0.0803. The van der Waals surface area contributed by atoms with Crippen LogP contribution in [-0.4, -0.2) is 36.1 Å². The third-order valence-electron chi connectivity index (χ3n) is 3.78. The summed E-state index contributed by atoms with van der Waals surface area (Å²) < 4.78 is 26.4. The number of rotatable bonds is 4. The van der Waals surface area contributed by atoms with E-state index in [-0.39, 0.29) is 10.4 Å². The van der Waals surface area contributed by atoms with Crippen LogP contribution in [-0.2, 0) is 10.0 Å². The van der Waals surface area contributed by atoms with E-state index < -0.39 is 15.3 Å².